The van der Waals surface area contributed by atoms with E-state index in [4.69, 9.17) is 14.7 Å². The molecule has 0 aliphatic rings. The lowest BCUT2D eigenvalue weighted by atomic mass is 10.0. The smallest absolute Gasteiger partial charge is 0.222 e. The number of hydrogen-bond acceptors (Lipinski definition) is 5. The van der Waals surface area contributed by atoms with Gasteiger partial charge in [0.05, 0.1) is 12.2 Å². The fraction of sp³-hybridized carbons (Fsp3) is 0.345. The second-order valence-corrected chi connectivity index (χ2v) is 9.31. The molecule has 1 aromatic carbocycles. The topological polar surface area (TPSA) is 67.4 Å². The first-order chi connectivity index (χ1) is 16.6. The van der Waals surface area contributed by atoms with Gasteiger partial charge in [0.2, 0.25) is 5.91 Å². The highest BCUT2D eigenvalue weighted by Gasteiger charge is 2.16. The number of carbonyl (C=O) groups excluding carboxylic acids is 1. The number of allylic oxidation sites excluding steroid dienone is 2. The van der Waals surface area contributed by atoms with Crippen molar-refractivity contribution in [3.63, 3.8) is 0 Å². The van der Waals surface area contributed by atoms with Gasteiger partial charge < -0.3 is 15.0 Å². The van der Waals surface area contributed by atoms with Crippen LogP contribution in [0, 0.1) is 26.7 Å². The minimum atomic E-state index is -0.0815. The minimum Gasteiger partial charge on any atom is -0.487 e. The highest BCUT2D eigenvalue weighted by Crippen LogP contribution is 2.32. The van der Waals surface area contributed by atoms with E-state index in [9.17, 15) is 4.79 Å². The first-order valence-electron chi connectivity index (χ1n) is 11.9. The zero-order valence-electron chi connectivity index (χ0n) is 21.9. The molecular formula is C29H36N4O2. The molecule has 0 aliphatic carbocycles. The molecule has 1 amide bonds. The Bertz CT molecular complexity index is 1280. The Morgan fingerprint density at radius 1 is 1.14 bits per heavy atom. The number of pyridine rings is 2. The number of nitrogens with one attached hydrogen (secondary N) is 1. The molecule has 0 saturated heterocycles. The predicted octanol–water partition coefficient (Wildman–Crippen LogP) is 5.49. The number of carbonyl (C=O) groups is 1. The molecule has 3 aromatic rings. The molecule has 0 bridgehead atoms. The Kier molecular flexibility index (Phi) is 8.28. The zero-order valence-corrected chi connectivity index (χ0v) is 21.9. The summed E-state index contributed by atoms with van der Waals surface area (Å²) >= 11 is 0. The molecule has 6 nitrogen and oxygen atoms in total. The first-order valence-corrected chi connectivity index (χ1v) is 11.9. The second kappa shape index (κ2) is 11.2. The van der Waals surface area contributed by atoms with E-state index in [1.807, 2.05) is 73.0 Å². The molecule has 3 rings (SSSR count). The molecule has 0 aliphatic heterocycles. The van der Waals surface area contributed by atoms with Gasteiger partial charge >= 0.3 is 0 Å². The van der Waals surface area contributed by atoms with Crippen molar-refractivity contribution >= 4 is 22.5 Å². The number of fused-ring (bicyclic) bond motifs is 1. The van der Waals surface area contributed by atoms with Crippen LogP contribution in [0.2, 0.25) is 0 Å². The number of benzene rings is 1. The van der Waals surface area contributed by atoms with Crippen molar-refractivity contribution in [2.75, 3.05) is 14.1 Å². The molecule has 0 fully saturated rings. The van der Waals surface area contributed by atoms with E-state index in [-0.39, 0.29) is 11.8 Å². The van der Waals surface area contributed by atoms with Gasteiger partial charge in [-0.25, -0.2) is 4.98 Å². The summed E-state index contributed by atoms with van der Waals surface area (Å²) < 4.78 is 6.36. The van der Waals surface area contributed by atoms with Crippen LogP contribution in [0.25, 0.3) is 16.6 Å². The second-order valence-electron chi connectivity index (χ2n) is 9.31. The van der Waals surface area contributed by atoms with E-state index in [0.29, 0.717) is 18.9 Å². The molecule has 0 unspecified atom stereocenters. The summed E-state index contributed by atoms with van der Waals surface area (Å²) in [6.07, 6.45) is 3.80. The zero-order chi connectivity index (χ0) is 25.7. The number of rotatable bonds is 9. The largest absolute Gasteiger partial charge is 0.487 e. The lowest BCUT2D eigenvalue weighted by Gasteiger charge is -2.20. The van der Waals surface area contributed by atoms with Crippen LogP contribution in [0.3, 0.4) is 0 Å². The van der Waals surface area contributed by atoms with Crippen LogP contribution in [0.5, 0.6) is 5.75 Å². The van der Waals surface area contributed by atoms with Gasteiger partial charge in [-0.15, -0.1) is 0 Å². The highest BCUT2D eigenvalue weighted by molar-refractivity contribution is 5.94. The molecule has 0 atom stereocenters. The van der Waals surface area contributed by atoms with Crippen LogP contribution in [0.15, 0.2) is 49.1 Å². The Hall–Kier alpha value is -3.67. The Morgan fingerprint density at radius 3 is 2.51 bits per heavy atom. The number of para-hydroxylation sites is 1. The number of hydrogen-bond donors (Lipinski definition) is 1. The molecule has 35 heavy (non-hydrogen) atoms. The van der Waals surface area contributed by atoms with Crippen LogP contribution < -0.4 is 10.1 Å². The van der Waals surface area contributed by atoms with E-state index in [2.05, 4.69) is 28.9 Å². The monoisotopic (exact) mass is 472 g/mol. The molecule has 0 radical (unpaired) electrons. The standard InChI is InChI=1S/C29H36N4O2/c1-9-11-26(33(7)8)23-15-21(6)32-28-22(23)12-10-13-27(28)35-17-24-19(4)14-20(5)31-25(24)16-30-29(34)18(2)3/h9-15,18H,1,16-17H2,2-8H3,(H,30,34)/b26-11-. The molecule has 2 heterocycles. The summed E-state index contributed by atoms with van der Waals surface area (Å²) in [6, 6.07) is 10.1. The molecule has 1 N–H and O–H groups in total. The van der Waals surface area contributed by atoms with Gasteiger partial charge in [0.1, 0.15) is 17.9 Å². The molecule has 0 spiro atoms. The van der Waals surface area contributed by atoms with Crippen LogP contribution in [0.4, 0.5) is 0 Å². The number of aromatic nitrogens is 2. The third kappa shape index (κ3) is 6.07. The van der Waals surface area contributed by atoms with E-state index >= 15 is 0 Å². The lowest BCUT2D eigenvalue weighted by molar-refractivity contribution is -0.124. The highest BCUT2D eigenvalue weighted by atomic mass is 16.5. The number of amides is 1. The summed E-state index contributed by atoms with van der Waals surface area (Å²) in [5.74, 6) is 0.631. The van der Waals surface area contributed by atoms with Crippen LogP contribution >= 0.6 is 0 Å². The normalized spacial score (nSPS) is 11.6. The van der Waals surface area contributed by atoms with Crippen molar-refractivity contribution < 1.29 is 9.53 Å². The molecule has 184 valence electrons. The quantitative estimate of drug-likeness (QED) is 0.417. The summed E-state index contributed by atoms with van der Waals surface area (Å²) in [7, 11) is 4.04. The van der Waals surface area contributed by atoms with Crippen molar-refractivity contribution in [1.29, 1.82) is 0 Å². The number of aryl methyl sites for hydroxylation is 3. The fourth-order valence-corrected chi connectivity index (χ4v) is 4.08. The summed E-state index contributed by atoms with van der Waals surface area (Å²) in [5, 5.41) is 3.99. The average Bonchev–Trinajstić information content (AvgIpc) is 2.79. The Balaban J connectivity index is 1.99. The maximum absolute atomic E-state index is 12.1. The first kappa shape index (κ1) is 25.9. The van der Waals surface area contributed by atoms with Gasteiger partial charge in [0, 0.05) is 53.6 Å². The molecule has 6 heteroatoms. The summed E-state index contributed by atoms with van der Waals surface area (Å²) in [6.45, 7) is 14.3. The summed E-state index contributed by atoms with van der Waals surface area (Å²) in [4.78, 5) is 23.7. The molecule has 0 saturated carbocycles. The maximum atomic E-state index is 12.1. The maximum Gasteiger partial charge on any atom is 0.222 e. The van der Waals surface area contributed by atoms with Crippen molar-refractivity contribution in [3.8, 4) is 5.75 Å². The fourth-order valence-electron chi connectivity index (χ4n) is 4.08. The van der Waals surface area contributed by atoms with Gasteiger partial charge in [-0.1, -0.05) is 38.6 Å². The lowest BCUT2D eigenvalue weighted by Crippen LogP contribution is -2.28. The third-order valence-electron chi connectivity index (χ3n) is 5.85. The SMILES string of the molecule is C=C/C=C(/c1cc(C)nc2c(OCc3c(C)cc(C)nc3CNC(=O)C(C)C)cccc12)N(C)C. The van der Waals surface area contributed by atoms with Gasteiger partial charge in [-0.3, -0.25) is 9.78 Å². The van der Waals surface area contributed by atoms with Gasteiger partial charge in [0.25, 0.3) is 0 Å². The van der Waals surface area contributed by atoms with Crippen molar-refractivity contribution in [2.24, 2.45) is 5.92 Å². The van der Waals surface area contributed by atoms with E-state index in [0.717, 1.165) is 50.4 Å². The van der Waals surface area contributed by atoms with Gasteiger partial charge in [-0.05, 0) is 50.6 Å². The average molecular weight is 473 g/mol. The van der Waals surface area contributed by atoms with E-state index in [1.165, 1.54) is 0 Å². The van der Waals surface area contributed by atoms with Crippen LogP contribution in [0.1, 0.15) is 47.6 Å². The van der Waals surface area contributed by atoms with Crippen molar-refractivity contribution in [3.05, 3.63) is 82.8 Å². The van der Waals surface area contributed by atoms with E-state index in [1.54, 1.807) is 6.08 Å². The Morgan fingerprint density at radius 2 is 1.86 bits per heavy atom. The van der Waals surface area contributed by atoms with Crippen LogP contribution in [-0.2, 0) is 17.9 Å². The van der Waals surface area contributed by atoms with E-state index < -0.39 is 0 Å². The molecular weight excluding hydrogens is 436 g/mol. The molecule has 2 aromatic heterocycles. The number of nitrogens with zero attached hydrogens (tertiary/aromatic N) is 3. The third-order valence-corrected chi connectivity index (χ3v) is 5.85. The predicted molar refractivity (Wildman–Crippen MR) is 143 cm³/mol. The van der Waals surface area contributed by atoms with Crippen molar-refractivity contribution in [2.45, 2.75) is 47.8 Å². The Labute approximate surface area is 208 Å². The van der Waals surface area contributed by atoms with Crippen LogP contribution in [-0.4, -0.2) is 34.9 Å². The number of ether oxygens (including phenoxy) is 1. The van der Waals surface area contributed by atoms with Gasteiger partial charge in [-0.2, -0.15) is 0 Å². The van der Waals surface area contributed by atoms with Crippen molar-refractivity contribution in [1.82, 2.24) is 20.2 Å². The minimum absolute atomic E-state index is 0.00311. The van der Waals surface area contributed by atoms with Gasteiger partial charge in [0.15, 0.2) is 0 Å². The summed E-state index contributed by atoms with van der Waals surface area (Å²) in [5.41, 5.74) is 7.65.